The third kappa shape index (κ3) is 3.04. The summed E-state index contributed by atoms with van der Waals surface area (Å²) in [6, 6.07) is 2.92. The van der Waals surface area contributed by atoms with Crippen LogP contribution in [-0.2, 0) is 0 Å². The van der Waals surface area contributed by atoms with Gasteiger partial charge in [0, 0.05) is 0 Å². The van der Waals surface area contributed by atoms with Crippen molar-refractivity contribution in [2.45, 2.75) is 20.0 Å². The molecule has 1 aromatic rings. The van der Waals surface area contributed by atoms with Crippen LogP contribution < -0.4 is 14.9 Å². The minimum absolute atomic E-state index is 0.0592. The Bertz CT molecular complexity index is 368. The summed E-state index contributed by atoms with van der Waals surface area (Å²) in [5, 5.41) is 18.4. The second-order valence-electron chi connectivity index (χ2n) is 3.57. The van der Waals surface area contributed by atoms with Gasteiger partial charge in [0.05, 0.1) is 18.2 Å². The van der Waals surface area contributed by atoms with E-state index in [1.807, 2.05) is 13.8 Å². The topological polar surface area (TPSA) is 58.9 Å². The van der Waals surface area contributed by atoms with E-state index < -0.39 is 7.12 Å². The molecule has 0 fully saturated rings. The molecule has 0 aliphatic rings. The van der Waals surface area contributed by atoms with Crippen molar-refractivity contribution < 1.29 is 19.5 Å². The molecule has 0 spiro atoms. The fourth-order valence-corrected chi connectivity index (χ4v) is 1.57. The van der Waals surface area contributed by atoms with Gasteiger partial charge in [-0.2, -0.15) is 0 Å². The molecular formula is C10H14BClO4. The lowest BCUT2D eigenvalue weighted by atomic mass is 9.80. The van der Waals surface area contributed by atoms with Crippen LogP contribution in [0.5, 0.6) is 11.5 Å². The summed E-state index contributed by atoms with van der Waals surface area (Å²) in [7, 11) is -0.110. The van der Waals surface area contributed by atoms with Crippen LogP contribution in [0.4, 0.5) is 0 Å². The molecule has 0 amide bonds. The summed E-state index contributed by atoms with van der Waals surface area (Å²) in [5.41, 5.74) is 0.265. The highest BCUT2D eigenvalue weighted by Crippen LogP contribution is 2.34. The van der Waals surface area contributed by atoms with E-state index in [0.29, 0.717) is 11.5 Å². The minimum atomic E-state index is -1.59. The van der Waals surface area contributed by atoms with Crippen LogP contribution in [0.15, 0.2) is 12.1 Å². The molecule has 0 saturated heterocycles. The lowest BCUT2D eigenvalue weighted by molar-refractivity contribution is 0.230. The van der Waals surface area contributed by atoms with Gasteiger partial charge in [-0.05, 0) is 31.4 Å². The lowest BCUT2D eigenvalue weighted by Crippen LogP contribution is -2.30. The third-order valence-electron chi connectivity index (χ3n) is 1.90. The minimum Gasteiger partial charge on any atom is -0.491 e. The Kier molecular flexibility index (Phi) is 4.47. The summed E-state index contributed by atoms with van der Waals surface area (Å²) < 4.78 is 10.6. The predicted molar refractivity (Wildman–Crippen MR) is 63.6 cm³/mol. The molecule has 0 aromatic heterocycles. The van der Waals surface area contributed by atoms with Gasteiger partial charge in [-0.25, -0.2) is 0 Å². The smallest absolute Gasteiger partial charge is 0.488 e. The van der Waals surface area contributed by atoms with E-state index in [1.54, 1.807) is 0 Å². The zero-order valence-electron chi connectivity index (χ0n) is 9.40. The number of benzene rings is 1. The number of methoxy groups -OCH3 is 1. The van der Waals surface area contributed by atoms with Gasteiger partial charge in [-0.15, -0.1) is 0 Å². The van der Waals surface area contributed by atoms with Crippen LogP contribution in [0.25, 0.3) is 0 Å². The maximum atomic E-state index is 9.07. The number of rotatable bonds is 4. The Hall–Kier alpha value is -0.905. The largest absolute Gasteiger partial charge is 0.491 e. The summed E-state index contributed by atoms with van der Waals surface area (Å²) >= 11 is 5.93. The van der Waals surface area contributed by atoms with E-state index in [-0.39, 0.29) is 16.6 Å². The summed E-state index contributed by atoms with van der Waals surface area (Å²) in [5.74, 6) is 0.785. The number of hydrogen-bond donors (Lipinski definition) is 2. The van der Waals surface area contributed by atoms with Gasteiger partial charge >= 0.3 is 7.12 Å². The first-order chi connectivity index (χ1) is 7.45. The standard InChI is InChI=1S/C10H14BClO4/c1-6(2)16-9-5-7(11(13)14)4-8(12)10(9)15-3/h4-6,13-14H,1-3H3. The lowest BCUT2D eigenvalue weighted by Gasteiger charge is -2.16. The SMILES string of the molecule is COc1c(Cl)cc(B(O)O)cc1OC(C)C. The van der Waals surface area contributed by atoms with E-state index in [2.05, 4.69) is 0 Å². The van der Waals surface area contributed by atoms with Crippen molar-refractivity contribution in [3.05, 3.63) is 17.2 Å². The van der Waals surface area contributed by atoms with E-state index in [1.165, 1.54) is 19.2 Å². The predicted octanol–water partition coefficient (Wildman–Crippen LogP) is 0.816. The zero-order chi connectivity index (χ0) is 12.3. The molecule has 6 heteroatoms. The van der Waals surface area contributed by atoms with Crippen molar-refractivity contribution in [3.63, 3.8) is 0 Å². The first-order valence-corrected chi connectivity index (χ1v) is 5.23. The molecule has 0 atom stereocenters. The van der Waals surface area contributed by atoms with Gasteiger partial charge in [0.25, 0.3) is 0 Å². The molecule has 0 bridgehead atoms. The van der Waals surface area contributed by atoms with Gasteiger partial charge in [-0.3, -0.25) is 0 Å². The highest BCUT2D eigenvalue weighted by Gasteiger charge is 2.18. The van der Waals surface area contributed by atoms with Gasteiger partial charge in [-0.1, -0.05) is 11.6 Å². The Balaban J connectivity index is 3.19. The maximum Gasteiger partial charge on any atom is 0.488 e. The Morgan fingerprint density at radius 3 is 2.38 bits per heavy atom. The molecule has 0 aliphatic heterocycles. The van der Waals surface area contributed by atoms with Crippen molar-refractivity contribution in [1.29, 1.82) is 0 Å². The van der Waals surface area contributed by atoms with Crippen molar-refractivity contribution >= 4 is 24.2 Å². The fraction of sp³-hybridized carbons (Fsp3) is 0.400. The molecule has 0 saturated carbocycles. The first-order valence-electron chi connectivity index (χ1n) is 4.86. The maximum absolute atomic E-state index is 9.07. The molecule has 4 nitrogen and oxygen atoms in total. The van der Waals surface area contributed by atoms with Crippen LogP contribution in [-0.4, -0.2) is 30.4 Å². The highest BCUT2D eigenvalue weighted by atomic mass is 35.5. The summed E-state index contributed by atoms with van der Waals surface area (Å²) in [6.07, 6.45) is -0.0592. The van der Waals surface area contributed by atoms with Gasteiger partial charge in [0.15, 0.2) is 11.5 Å². The first kappa shape index (κ1) is 13.2. The number of hydrogen-bond acceptors (Lipinski definition) is 4. The quantitative estimate of drug-likeness (QED) is 0.770. The molecule has 1 aromatic carbocycles. The molecule has 2 N–H and O–H groups in total. The Morgan fingerprint density at radius 1 is 1.31 bits per heavy atom. The highest BCUT2D eigenvalue weighted by molar-refractivity contribution is 6.59. The summed E-state index contributed by atoms with van der Waals surface area (Å²) in [6.45, 7) is 3.71. The van der Waals surface area contributed by atoms with E-state index in [0.717, 1.165) is 0 Å². The molecule has 0 heterocycles. The van der Waals surface area contributed by atoms with Gasteiger partial charge in [0.2, 0.25) is 0 Å². The van der Waals surface area contributed by atoms with Crippen molar-refractivity contribution in [2.24, 2.45) is 0 Å². The molecule has 88 valence electrons. The monoisotopic (exact) mass is 244 g/mol. The van der Waals surface area contributed by atoms with Crippen molar-refractivity contribution in [3.8, 4) is 11.5 Å². The molecule has 1 rings (SSSR count). The molecule has 0 aliphatic carbocycles. The van der Waals surface area contributed by atoms with Crippen LogP contribution in [0, 0.1) is 0 Å². The Morgan fingerprint density at radius 2 is 1.94 bits per heavy atom. The van der Waals surface area contributed by atoms with E-state index in [9.17, 15) is 0 Å². The number of ether oxygens (including phenoxy) is 2. The van der Waals surface area contributed by atoms with Crippen LogP contribution in [0.1, 0.15) is 13.8 Å². The third-order valence-corrected chi connectivity index (χ3v) is 2.18. The van der Waals surface area contributed by atoms with Crippen LogP contribution in [0.2, 0.25) is 5.02 Å². The average Bonchev–Trinajstić information content (AvgIpc) is 2.16. The molecule has 16 heavy (non-hydrogen) atoms. The van der Waals surface area contributed by atoms with Crippen LogP contribution in [0.3, 0.4) is 0 Å². The average molecular weight is 244 g/mol. The zero-order valence-corrected chi connectivity index (χ0v) is 10.2. The molecule has 0 unspecified atom stereocenters. The van der Waals surface area contributed by atoms with Gasteiger partial charge in [0.1, 0.15) is 0 Å². The normalized spacial score (nSPS) is 10.4. The molecular weight excluding hydrogens is 230 g/mol. The van der Waals surface area contributed by atoms with Crippen molar-refractivity contribution in [2.75, 3.05) is 7.11 Å². The second-order valence-corrected chi connectivity index (χ2v) is 3.98. The fourth-order valence-electron chi connectivity index (χ4n) is 1.28. The number of halogens is 1. The van der Waals surface area contributed by atoms with E-state index >= 15 is 0 Å². The summed E-state index contributed by atoms with van der Waals surface area (Å²) in [4.78, 5) is 0. The van der Waals surface area contributed by atoms with Crippen molar-refractivity contribution in [1.82, 2.24) is 0 Å². The van der Waals surface area contributed by atoms with Crippen LogP contribution >= 0.6 is 11.6 Å². The molecule has 0 radical (unpaired) electrons. The Labute approximate surface area is 99.9 Å². The van der Waals surface area contributed by atoms with E-state index in [4.69, 9.17) is 31.1 Å². The second kappa shape index (κ2) is 5.43. The van der Waals surface area contributed by atoms with Gasteiger partial charge < -0.3 is 19.5 Å².